The lowest BCUT2D eigenvalue weighted by molar-refractivity contribution is -0.130. The highest BCUT2D eigenvalue weighted by Crippen LogP contribution is 2.27. The van der Waals surface area contributed by atoms with Crippen LogP contribution in [0.1, 0.15) is 32.0 Å². The number of nitrogens with one attached hydrogen (secondary N) is 1. The van der Waals surface area contributed by atoms with Gasteiger partial charge in [0.2, 0.25) is 5.91 Å². The van der Waals surface area contributed by atoms with Crippen LogP contribution in [-0.4, -0.2) is 48.4 Å². The summed E-state index contributed by atoms with van der Waals surface area (Å²) in [6.45, 7) is 4.68. The number of carbonyl (C=O) groups excluding carboxylic acids is 1. The van der Waals surface area contributed by atoms with Crippen LogP contribution in [0.5, 0.6) is 0 Å². The van der Waals surface area contributed by atoms with Crippen molar-refractivity contribution in [3.63, 3.8) is 0 Å². The summed E-state index contributed by atoms with van der Waals surface area (Å²) in [5.41, 5.74) is 0.797. The molecule has 1 aromatic rings. The monoisotopic (exact) mass is 293 g/mol. The average Bonchev–Trinajstić information content (AvgIpc) is 2.75. The molecule has 1 fully saturated rings. The van der Waals surface area contributed by atoms with Gasteiger partial charge in [0.1, 0.15) is 12.0 Å². The molecular formula is C16H24FN3O. The summed E-state index contributed by atoms with van der Waals surface area (Å²) in [6, 6.07) is 6.51. The van der Waals surface area contributed by atoms with Crippen LogP contribution in [0.25, 0.3) is 0 Å². The van der Waals surface area contributed by atoms with E-state index < -0.39 is 0 Å². The molecule has 21 heavy (non-hydrogen) atoms. The molecule has 0 aliphatic carbocycles. The van der Waals surface area contributed by atoms with Gasteiger partial charge in [-0.1, -0.05) is 19.1 Å². The van der Waals surface area contributed by atoms with Gasteiger partial charge in [-0.25, -0.2) is 4.39 Å². The van der Waals surface area contributed by atoms with E-state index in [2.05, 4.69) is 17.1 Å². The lowest BCUT2D eigenvalue weighted by Gasteiger charge is -2.30. The topological polar surface area (TPSA) is 35.6 Å². The van der Waals surface area contributed by atoms with Crippen molar-refractivity contribution in [2.24, 2.45) is 0 Å². The first-order valence-corrected chi connectivity index (χ1v) is 7.42. The van der Waals surface area contributed by atoms with Crippen molar-refractivity contribution in [3.8, 4) is 0 Å². The fourth-order valence-electron chi connectivity index (χ4n) is 2.57. The fraction of sp³-hybridized carbons (Fsp3) is 0.562. The van der Waals surface area contributed by atoms with E-state index >= 15 is 0 Å². The van der Waals surface area contributed by atoms with Gasteiger partial charge in [-0.05, 0) is 45.1 Å². The Bertz CT molecular complexity index is 506. The van der Waals surface area contributed by atoms with Crippen molar-refractivity contribution in [2.75, 3.05) is 20.6 Å². The van der Waals surface area contributed by atoms with Gasteiger partial charge in [0.05, 0.1) is 6.04 Å². The molecule has 2 rings (SSSR count). The SMILES string of the molecule is CCC1NC(c2cccc(F)c2)N(CC(C)N(C)C)C1=O. The molecule has 1 heterocycles. The molecule has 0 radical (unpaired) electrons. The summed E-state index contributed by atoms with van der Waals surface area (Å²) >= 11 is 0. The molecule has 1 N–H and O–H groups in total. The van der Waals surface area contributed by atoms with E-state index in [-0.39, 0.29) is 30.0 Å². The Balaban J connectivity index is 2.26. The lowest BCUT2D eigenvalue weighted by atomic mass is 10.1. The summed E-state index contributed by atoms with van der Waals surface area (Å²) in [7, 11) is 3.99. The highest BCUT2D eigenvalue weighted by molar-refractivity contribution is 5.84. The fourth-order valence-corrected chi connectivity index (χ4v) is 2.57. The number of rotatable bonds is 5. The number of benzene rings is 1. The van der Waals surface area contributed by atoms with Gasteiger partial charge < -0.3 is 9.80 Å². The Morgan fingerprint density at radius 2 is 2.14 bits per heavy atom. The zero-order chi connectivity index (χ0) is 15.6. The van der Waals surface area contributed by atoms with Gasteiger partial charge in [0, 0.05) is 12.6 Å². The molecule has 3 unspecified atom stereocenters. The first kappa shape index (κ1) is 15.9. The molecule has 0 aromatic heterocycles. The van der Waals surface area contributed by atoms with Crippen LogP contribution in [0.2, 0.25) is 0 Å². The van der Waals surface area contributed by atoms with E-state index in [1.54, 1.807) is 6.07 Å². The Morgan fingerprint density at radius 1 is 1.43 bits per heavy atom. The molecular weight excluding hydrogens is 269 g/mol. The Kier molecular flexibility index (Phi) is 4.96. The number of nitrogens with zero attached hydrogens (tertiary/aromatic N) is 2. The third-order valence-corrected chi connectivity index (χ3v) is 4.17. The van der Waals surface area contributed by atoms with Crippen LogP contribution < -0.4 is 5.32 Å². The minimum Gasteiger partial charge on any atom is -0.320 e. The number of carbonyl (C=O) groups is 1. The van der Waals surface area contributed by atoms with Gasteiger partial charge in [0.15, 0.2) is 0 Å². The summed E-state index contributed by atoms with van der Waals surface area (Å²) in [6.07, 6.45) is 0.484. The largest absolute Gasteiger partial charge is 0.320 e. The number of hydrogen-bond donors (Lipinski definition) is 1. The van der Waals surface area contributed by atoms with Crippen molar-refractivity contribution in [3.05, 3.63) is 35.6 Å². The number of halogens is 1. The first-order chi connectivity index (χ1) is 9.93. The number of hydrogen-bond acceptors (Lipinski definition) is 3. The molecule has 116 valence electrons. The molecule has 1 aromatic carbocycles. The van der Waals surface area contributed by atoms with Crippen molar-refractivity contribution in [1.82, 2.24) is 15.1 Å². The molecule has 1 aliphatic rings. The Labute approximate surface area is 125 Å². The average molecular weight is 293 g/mol. The maximum absolute atomic E-state index is 13.5. The molecule has 4 nitrogen and oxygen atoms in total. The van der Waals surface area contributed by atoms with Crippen LogP contribution in [0.3, 0.4) is 0 Å². The van der Waals surface area contributed by atoms with Gasteiger partial charge in [-0.2, -0.15) is 0 Å². The molecule has 1 amide bonds. The van der Waals surface area contributed by atoms with E-state index in [0.717, 1.165) is 12.0 Å². The van der Waals surface area contributed by atoms with Crippen molar-refractivity contribution >= 4 is 5.91 Å². The summed E-state index contributed by atoms with van der Waals surface area (Å²) in [5, 5.41) is 3.32. The molecule has 3 atom stereocenters. The van der Waals surface area contributed by atoms with Crippen molar-refractivity contribution in [2.45, 2.75) is 38.5 Å². The second-order valence-corrected chi connectivity index (χ2v) is 5.89. The van der Waals surface area contributed by atoms with E-state index in [9.17, 15) is 9.18 Å². The zero-order valence-corrected chi connectivity index (χ0v) is 13.1. The first-order valence-electron chi connectivity index (χ1n) is 7.42. The Hall–Kier alpha value is -1.46. The smallest absolute Gasteiger partial charge is 0.241 e. The second-order valence-electron chi connectivity index (χ2n) is 5.89. The normalized spacial score (nSPS) is 23.9. The summed E-state index contributed by atoms with van der Waals surface area (Å²) < 4.78 is 13.5. The lowest BCUT2D eigenvalue weighted by Crippen LogP contribution is -2.41. The third-order valence-electron chi connectivity index (χ3n) is 4.17. The zero-order valence-electron chi connectivity index (χ0n) is 13.1. The molecule has 5 heteroatoms. The summed E-state index contributed by atoms with van der Waals surface area (Å²) in [5.74, 6) is -0.178. The van der Waals surface area contributed by atoms with Crippen molar-refractivity contribution in [1.29, 1.82) is 0 Å². The highest BCUT2D eigenvalue weighted by atomic mass is 19.1. The molecule has 1 saturated heterocycles. The standard InChI is InChI=1S/C16H24FN3O/c1-5-14-16(21)20(10-11(2)19(3)4)15(18-14)12-7-6-8-13(17)9-12/h6-9,11,14-15,18H,5,10H2,1-4H3. The van der Waals surface area contributed by atoms with Gasteiger partial charge >= 0.3 is 0 Å². The number of likely N-dealkylation sites (N-methyl/N-ethyl adjacent to an activating group) is 1. The van der Waals surface area contributed by atoms with E-state index in [4.69, 9.17) is 0 Å². The Morgan fingerprint density at radius 3 is 2.71 bits per heavy atom. The van der Waals surface area contributed by atoms with E-state index in [1.807, 2.05) is 32.0 Å². The molecule has 0 bridgehead atoms. The molecule has 0 spiro atoms. The predicted octanol–water partition coefficient (Wildman–Crippen LogP) is 1.98. The van der Waals surface area contributed by atoms with E-state index in [0.29, 0.717) is 6.54 Å². The van der Waals surface area contributed by atoms with Gasteiger partial charge in [-0.15, -0.1) is 0 Å². The minimum absolute atomic E-state index is 0.0976. The van der Waals surface area contributed by atoms with Gasteiger partial charge in [-0.3, -0.25) is 10.1 Å². The van der Waals surface area contributed by atoms with Crippen LogP contribution in [0.4, 0.5) is 4.39 Å². The maximum Gasteiger partial charge on any atom is 0.241 e. The van der Waals surface area contributed by atoms with Gasteiger partial charge in [0.25, 0.3) is 0 Å². The summed E-state index contributed by atoms with van der Waals surface area (Å²) in [4.78, 5) is 16.4. The quantitative estimate of drug-likeness (QED) is 0.902. The highest BCUT2D eigenvalue weighted by Gasteiger charge is 2.39. The second kappa shape index (κ2) is 6.54. The third kappa shape index (κ3) is 3.41. The number of amides is 1. The van der Waals surface area contributed by atoms with Crippen LogP contribution in [-0.2, 0) is 4.79 Å². The minimum atomic E-state index is -0.276. The van der Waals surface area contributed by atoms with Crippen LogP contribution in [0, 0.1) is 5.82 Å². The van der Waals surface area contributed by atoms with Crippen LogP contribution in [0.15, 0.2) is 24.3 Å². The van der Waals surface area contributed by atoms with Crippen molar-refractivity contribution < 1.29 is 9.18 Å². The van der Waals surface area contributed by atoms with E-state index in [1.165, 1.54) is 12.1 Å². The van der Waals surface area contributed by atoms with Crippen LogP contribution >= 0.6 is 0 Å². The molecule has 1 aliphatic heterocycles. The predicted molar refractivity (Wildman–Crippen MR) is 81.2 cm³/mol. The molecule has 0 saturated carbocycles. The maximum atomic E-state index is 13.5.